The number of hydrazine groups is 1. The molecule has 1 atom stereocenters. The number of ether oxygens (including phenoxy) is 1. The maximum Gasteiger partial charge on any atom is 0.238 e. The fourth-order valence-corrected chi connectivity index (χ4v) is 2.01. The number of aliphatic hydroxyl groups is 1. The lowest BCUT2D eigenvalue weighted by atomic mass is 10.0. The topological polar surface area (TPSA) is 61.8 Å². The van der Waals surface area contributed by atoms with Gasteiger partial charge in [0.15, 0.2) is 0 Å². The molecule has 2 rings (SSSR count). The van der Waals surface area contributed by atoms with E-state index in [9.17, 15) is 4.79 Å². The highest BCUT2D eigenvalue weighted by atomic mass is 16.5. The lowest BCUT2D eigenvalue weighted by Gasteiger charge is -2.18. The van der Waals surface area contributed by atoms with E-state index in [-0.39, 0.29) is 18.6 Å². The monoisotopic (exact) mass is 236 g/mol. The number of para-hydroxylation sites is 1. The fourth-order valence-electron chi connectivity index (χ4n) is 2.01. The Hall–Kier alpha value is -1.59. The summed E-state index contributed by atoms with van der Waals surface area (Å²) in [5, 5.41) is 10.3. The van der Waals surface area contributed by atoms with Gasteiger partial charge in [-0.1, -0.05) is 18.2 Å². The van der Waals surface area contributed by atoms with E-state index in [1.807, 2.05) is 24.3 Å². The van der Waals surface area contributed by atoms with Gasteiger partial charge >= 0.3 is 0 Å². The molecule has 2 N–H and O–H groups in total. The van der Waals surface area contributed by atoms with Gasteiger partial charge in [0.2, 0.25) is 5.91 Å². The highest BCUT2D eigenvalue weighted by molar-refractivity contribution is 5.78. The number of hydrogen-bond acceptors (Lipinski definition) is 4. The van der Waals surface area contributed by atoms with Crippen LogP contribution in [0, 0.1) is 0 Å². The Morgan fingerprint density at radius 3 is 3.00 bits per heavy atom. The molecule has 0 aliphatic carbocycles. The molecule has 1 saturated heterocycles. The molecule has 0 saturated carbocycles. The van der Waals surface area contributed by atoms with Gasteiger partial charge in [-0.2, -0.15) is 0 Å². The molecular formula is C12H16N2O3. The Labute approximate surface area is 100.0 Å². The van der Waals surface area contributed by atoms with Crippen LogP contribution in [0.2, 0.25) is 0 Å². The van der Waals surface area contributed by atoms with Gasteiger partial charge in [-0.25, -0.2) is 5.43 Å². The molecule has 5 heteroatoms. The van der Waals surface area contributed by atoms with Crippen molar-refractivity contribution in [1.29, 1.82) is 0 Å². The lowest BCUT2D eigenvalue weighted by molar-refractivity contribution is -0.130. The van der Waals surface area contributed by atoms with Crippen LogP contribution < -0.4 is 10.2 Å². The number of hydrogen-bond donors (Lipinski definition) is 2. The summed E-state index contributed by atoms with van der Waals surface area (Å²) in [6.07, 6.45) is 0.389. The molecular weight excluding hydrogens is 220 g/mol. The second-order valence-electron chi connectivity index (χ2n) is 3.90. The minimum Gasteiger partial charge on any atom is -0.496 e. The predicted molar refractivity (Wildman–Crippen MR) is 62.3 cm³/mol. The van der Waals surface area contributed by atoms with Crippen LogP contribution in [0.25, 0.3) is 0 Å². The largest absolute Gasteiger partial charge is 0.496 e. The molecule has 1 heterocycles. The molecule has 0 spiro atoms. The van der Waals surface area contributed by atoms with Gasteiger partial charge in [0.25, 0.3) is 0 Å². The Bertz CT molecular complexity index is 408. The van der Waals surface area contributed by atoms with Crippen molar-refractivity contribution in [3.05, 3.63) is 29.8 Å². The molecule has 1 unspecified atom stereocenters. The van der Waals surface area contributed by atoms with Crippen molar-refractivity contribution in [2.24, 2.45) is 0 Å². The van der Waals surface area contributed by atoms with Crippen LogP contribution in [-0.2, 0) is 4.79 Å². The summed E-state index contributed by atoms with van der Waals surface area (Å²) in [7, 11) is 1.61. The van der Waals surface area contributed by atoms with Crippen molar-refractivity contribution in [3.63, 3.8) is 0 Å². The minimum atomic E-state index is -0.0785. The molecule has 92 valence electrons. The SMILES string of the molecule is COc1ccccc1C1CC(=O)N(CCO)N1. The van der Waals surface area contributed by atoms with Crippen LogP contribution in [0.4, 0.5) is 0 Å². The number of nitrogens with one attached hydrogen (secondary N) is 1. The van der Waals surface area contributed by atoms with Crippen molar-refractivity contribution in [1.82, 2.24) is 10.4 Å². The summed E-state index contributed by atoms with van der Waals surface area (Å²) in [6, 6.07) is 7.54. The van der Waals surface area contributed by atoms with Gasteiger partial charge in [-0.05, 0) is 6.07 Å². The predicted octanol–water partition coefficient (Wildman–Crippen LogP) is 0.465. The van der Waals surface area contributed by atoms with Gasteiger partial charge in [0, 0.05) is 12.0 Å². The van der Waals surface area contributed by atoms with Crippen LogP contribution in [0.1, 0.15) is 18.0 Å². The average molecular weight is 236 g/mol. The molecule has 1 aliphatic heterocycles. The van der Waals surface area contributed by atoms with Crippen LogP contribution in [0.5, 0.6) is 5.75 Å². The zero-order chi connectivity index (χ0) is 12.3. The highest BCUT2D eigenvalue weighted by Crippen LogP contribution is 2.30. The zero-order valence-corrected chi connectivity index (χ0v) is 9.72. The Morgan fingerprint density at radius 1 is 1.53 bits per heavy atom. The molecule has 0 radical (unpaired) electrons. The molecule has 1 fully saturated rings. The molecule has 17 heavy (non-hydrogen) atoms. The Kier molecular flexibility index (Phi) is 3.61. The number of carbonyl (C=O) groups is 1. The number of amides is 1. The van der Waals surface area contributed by atoms with Crippen LogP contribution in [0.3, 0.4) is 0 Å². The quantitative estimate of drug-likeness (QED) is 0.797. The number of rotatable bonds is 4. The van der Waals surface area contributed by atoms with E-state index in [0.29, 0.717) is 13.0 Å². The average Bonchev–Trinajstić information content (AvgIpc) is 2.71. The molecule has 0 bridgehead atoms. The summed E-state index contributed by atoms with van der Waals surface area (Å²) >= 11 is 0. The second-order valence-corrected chi connectivity index (χ2v) is 3.90. The maximum absolute atomic E-state index is 11.7. The summed E-state index contributed by atoms with van der Waals surface area (Å²) in [4.78, 5) is 11.7. The minimum absolute atomic E-state index is 0.00467. The first-order valence-corrected chi connectivity index (χ1v) is 5.56. The summed E-state index contributed by atoms with van der Waals surface area (Å²) in [6.45, 7) is 0.266. The number of β-amino-alcohol motifs (C(OH)–C–C–N with tert-alkyl or cyclic N) is 1. The maximum atomic E-state index is 11.7. The smallest absolute Gasteiger partial charge is 0.238 e. The number of aliphatic hydroxyl groups excluding tert-OH is 1. The Balaban J connectivity index is 2.16. The van der Waals surface area contributed by atoms with E-state index in [0.717, 1.165) is 11.3 Å². The van der Waals surface area contributed by atoms with E-state index >= 15 is 0 Å². The first kappa shape index (κ1) is 11.9. The summed E-state index contributed by atoms with van der Waals surface area (Å²) in [5.41, 5.74) is 4.04. The molecule has 1 aliphatic rings. The van der Waals surface area contributed by atoms with Gasteiger partial charge < -0.3 is 9.84 Å². The summed E-state index contributed by atoms with van der Waals surface area (Å²) in [5.74, 6) is 0.763. The molecule has 1 amide bonds. The van der Waals surface area contributed by atoms with E-state index in [1.54, 1.807) is 7.11 Å². The number of nitrogens with zero attached hydrogens (tertiary/aromatic N) is 1. The van der Waals surface area contributed by atoms with Crippen molar-refractivity contribution in [2.45, 2.75) is 12.5 Å². The third kappa shape index (κ3) is 2.40. The van der Waals surface area contributed by atoms with Gasteiger partial charge in [-0.3, -0.25) is 9.80 Å². The van der Waals surface area contributed by atoms with Gasteiger partial charge in [-0.15, -0.1) is 0 Å². The molecule has 5 nitrogen and oxygen atoms in total. The van der Waals surface area contributed by atoms with Gasteiger partial charge in [0.1, 0.15) is 5.75 Å². The van der Waals surface area contributed by atoms with Crippen LogP contribution >= 0.6 is 0 Å². The van der Waals surface area contributed by atoms with E-state index in [2.05, 4.69) is 5.43 Å². The summed E-state index contributed by atoms with van der Waals surface area (Å²) < 4.78 is 5.27. The standard InChI is InChI=1S/C12H16N2O3/c1-17-11-5-3-2-4-9(11)10-8-12(16)14(13-10)6-7-15/h2-5,10,13,15H,6-8H2,1H3. The molecule has 1 aromatic carbocycles. The van der Waals surface area contributed by atoms with Crippen molar-refractivity contribution in [2.75, 3.05) is 20.3 Å². The van der Waals surface area contributed by atoms with Crippen molar-refractivity contribution in [3.8, 4) is 5.75 Å². The van der Waals surface area contributed by atoms with Crippen LogP contribution in [0.15, 0.2) is 24.3 Å². The van der Waals surface area contributed by atoms with E-state index in [4.69, 9.17) is 9.84 Å². The fraction of sp³-hybridized carbons (Fsp3) is 0.417. The van der Waals surface area contributed by atoms with Crippen LogP contribution in [-0.4, -0.2) is 36.3 Å². The normalized spacial score (nSPS) is 19.8. The highest BCUT2D eigenvalue weighted by Gasteiger charge is 2.31. The Morgan fingerprint density at radius 2 is 2.29 bits per heavy atom. The second kappa shape index (κ2) is 5.16. The molecule has 0 aromatic heterocycles. The first-order chi connectivity index (χ1) is 8.26. The van der Waals surface area contributed by atoms with Crippen molar-refractivity contribution >= 4 is 5.91 Å². The first-order valence-electron chi connectivity index (χ1n) is 5.56. The third-order valence-electron chi connectivity index (χ3n) is 2.83. The number of carbonyl (C=O) groups excluding carboxylic acids is 1. The zero-order valence-electron chi connectivity index (χ0n) is 9.72. The number of benzene rings is 1. The van der Waals surface area contributed by atoms with Gasteiger partial charge in [0.05, 0.1) is 26.3 Å². The number of methoxy groups -OCH3 is 1. The lowest BCUT2D eigenvalue weighted by Crippen LogP contribution is -2.37. The van der Waals surface area contributed by atoms with E-state index < -0.39 is 0 Å². The van der Waals surface area contributed by atoms with Crippen molar-refractivity contribution < 1.29 is 14.6 Å². The van der Waals surface area contributed by atoms with E-state index in [1.165, 1.54) is 5.01 Å². The molecule has 1 aromatic rings. The third-order valence-corrected chi connectivity index (χ3v) is 2.83.